The summed E-state index contributed by atoms with van der Waals surface area (Å²) in [5, 5.41) is 11.8. The fourth-order valence-corrected chi connectivity index (χ4v) is 4.48. The van der Waals surface area contributed by atoms with Crippen molar-refractivity contribution in [2.75, 3.05) is 6.54 Å². The number of benzene rings is 1. The summed E-state index contributed by atoms with van der Waals surface area (Å²) < 4.78 is 0. The fraction of sp³-hybridized carbons (Fsp3) is 0.500. The Kier molecular flexibility index (Phi) is 2.21. The highest BCUT2D eigenvalue weighted by atomic mass is 16.5. The van der Waals surface area contributed by atoms with Crippen LogP contribution in [0.25, 0.3) is 0 Å². The Morgan fingerprint density at radius 2 is 2.17 bits per heavy atom. The molecule has 0 spiro atoms. The van der Waals surface area contributed by atoms with Crippen LogP contribution in [0.15, 0.2) is 36.4 Å². The van der Waals surface area contributed by atoms with Crippen LogP contribution in [0, 0.1) is 5.92 Å². The molecule has 1 N–H and O–H groups in total. The van der Waals surface area contributed by atoms with Gasteiger partial charge in [-0.05, 0) is 42.7 Å². The molecule has 1 heterocycles. The van der Waals surface area contributed by atoms with Crippen molar-refractivity contribution in [3.05, 3.63) is 47.5 Å². The molecule has 2 heteroatoms. The Bertz CT molecular complexity index is 510. The van der Waals surface area contributed by atoms with Crippen molar-refractivity contribution in [1.29, 1.82) is 0 Å². The van der Waals surface area contributed by atoms with E-state index in [-0.39, 0.29) is 5.41 Å². The third-order valence-electron chi connectivity index (χ3n) is 5.27. The molecule has 0 saturated carbocycles. The molecule has 1 fully saturated rings. The van der Waals surface area contributed by atoms with Crippen LogP contribution in [0.4, 0.5) is 0 Å². The van der Waals surface area contributed by atoms with E-state index in [1.807, 2.05) is 0 Å². The lowest BCUT2D eigenvalue weighted by Gasteiger charge is -2.55. The quantitative estimate of drug-likeness (QED) is 0.706. The lowest BCUT2D eigenvalue weighted by molar-refractivity contribution is -0.177. The largest absolute Gasteiger partial charge is 0.314 e. The first-order valence-electron chi connectivity index (χ1n) is 7.03. The second-order valence-electron chi connectivity index (χ2n) is 5.97. The number of piperidine rings is 1. The van der Waals surface area contributed by atoms with Gasteiger partial charge in [0.15, 0.2) is 0 Å². The summed E-state index contributed by atoms with van der Waals surface area (Å²) in [6.07, 6.45) is 9.23. The molecule has 4 rings (SSSR count). The van der Waals surface area contributed by atoms with Crippen LogP contribution in [0.1, 0.15) is 30.4 Å². The Balaban J connectivity index is 1.95. The van der Waals surface area contributed by atoms with Crippen LogP contribution >= 0.6 is 0 Å². The predicted octanol–water partition coefficient (Wildman–Crippen LogP) is 2.91. The van der Waals surface area contributed by atoms with E-state index in [0.717, 1.165) is 19.4 Å². The molecule has 1 saturated heterocycles. The standard InChI is InChI=1S/C16H19NO/c18-17-10-9-16-8-4-3-7-14(16)15(17)11-12-5-1-2-6-13(12)16/h1-2,4-6,8,14-15,18H,3,7,9-11H2/t14-,15+,16-/m0/s1. The Morgan fingerprint density at radius 1 is 1.28 bits per heavy atom. The van der Waals surface area contributed by atoms with Crippen LogP contribution < -0.4 is 0 Å². The molecule has 2 aliphatic carbocycles. The average Bonchev–Trinajstić information content (AvgIpc) is 2.43. The highest BCUT2D eigenvalue weighted by Gasteiger charge is 2.52. The Labute approximate surface area is 108 Å². The topological polar surface area (TPSA) is 23.5 Å². The molecule has 0 aromatic heterocycles. The van der Waals surface area contributed by atoms with Gasteiger partial charge in [0.25, 0.3) is 0 Å². The molecule has 94 valence electrons. The second kappa shape index (κ2) is 3.69. The maximum absolute atomic E-state index is 10.2. The smallest absolute Gasteiger partial charge is 0.0430 e. The minimum Gasteiger partial charge on any atom is -0.314 e. The number of rotatable bonds is 0. The average molecular weight is 241 g/mol. The van der Waals surface area contributed by atoms with E-state index in [1.165, 1.54) is 24.0 Å². The van der Waals surface area contributed by atoms with Gasteiger partial charge in [-0.25, -0.2) is 0 Å². The summed E-state index contributed by atoms with van der Waals surface area (Å²) in [5.41, 5.74) is 3.16. The molecule has 0 unspecified atom stereocenters. The molecule has 1 aromatic carbocycles. The van der Waals surface area contributed by atoms with E-state index >= 15 is 0 Å². The van der Waals surface area contributed by atoms with Crippen molar-refractivity contribution in [3.8, 4) is 0 Å². The number of fused-ring (bicyclic) bond motifs is 1. The maximum Gasteiger partial charge on any atom is 0.0430 e. The van der Waals surface area contributed by atoms with Crippen molar-refractivity contribution in [1.82, 2.24) is 5.06 Å². The molecule has 3 atom stereocenters. The maximum atomic E-state index is 10.2. The Hall–Kier alpha value is -1.12. The zero-order valence-electron chi connectivity index (χ0n) is 10.5. The first kappa shape index (κ1) is 10.8. The summed E-state index contributed by atoms with van der Waals surface area (Å²) in [6, 6.07) is 9.15. The third-order valence-corrected chi connectivity index (χ3v) is 5.27. The van der Waals surface area contributed by atoms with Gasteiger partial charge in [-0.1, -0.05) is 36.4 Å². The first-order valence-corrected chi connectivity index (χ1v) is 7.03. The zero-order valence-corrected chi connectivity index (χ0v) is 10.5. The third kappa shape index (κ3) is 1.25. The molecule has 1 aromatic rings. The van der Waals surface area contributed by atoms with Crippen LogP contribution in [0.2, 0.25) is 0 Å². The SMILES string of the molecule is ON1CC[C@]23C=CCC[C@H]2[C@H]1Cc1ccccc13. The molecular formula is C16H19NO. The number of hydrogen-bond acceptors (Lipinski definition) is 2. The van der Waals surface area contributed by atoms with E-state index in [2.05, 4.69) is 36.4 Å². The van der Waals surface area contributed by atoms with Crippen molar-refractivity contribution >= 4 is 0 Å². The fourth-order valence-electron chi connectivity index (χ4n) is 4.48. The summed E-state index contributed by atoms with van der Waals surface area (Å²) in [4.78, 5) is 0. The minimum absolute atomic E-state index is 0.205. The molecule has 2 bridgehead atoms. The lowest BCUT2D eigenvalue weighted by Crippen LogP contribution is -2.58. The van der Waals surface area contributed by atoms with Gasteiger partial charge in [0, 0.05) is 18.0 Å². The second-order valence-corrected chi connectivity index (χ2v) is 5.97. The van der Waals surface area contributed by atoms with Crippen LogP contribution in [-0.2, 0) is 11.8 Å². The van der Waals surface area contributed by atoms with Crippen LogP contribution in [-0.4, -0.2) is 22.9 Å². The molecule has 2 nitrogen and oxygen atoms in total. The highest BCUT2D eigenvalue weighted by molar-refractivity contribution is 5.44. The molecular weight excluding hydrogens is 222 g/mol. The van der Waals surface area contributed by atoms with Crippen molar-refractivity contribution in [3.63, 3.8) is 0 Å². The van der Waals surface area contributed by atoms with Crippen molar-refractivity contribution < 1.29 is 5.21 Å². The Morgan fingerprint density at radius 3 is 3.11 bits per heavy atom. The molecule has 18 heavy (non-hydrogen) atoms. The molecule has 3 aliphatic rings. The van der Waals surface area contributed by atoms with Crippen LogP contribution in [0.3, 0.4) is 0 Å². The van der Waals surface area contributed by atoms with Gasteiger partial charge in [-0.15, -0.1) is 0 Å². The van der Waals surface area contributed by atoms with E-state index in [4.69, 9.17) is 0 Å². The van der Waals surface area contributed by atoms with E-state index in [9.17, 15) is 5.21 Å². The number of nitrogens with zero attached hydrogens (tertiary/aromatic N) is 1. The summed E-state index contributed by atoms with van der Waals surface area (Å²) in [6.45, 7) is 0.805. The van der Waals surface area contributed by atoms with Gasteiger partial charge in [-0.2, -0.15) is 5.06 Å². The monoisotopic (exact) mass is 241 g/mol. The molecule has 0 amide bonds. The van der Waals surface area contributed by atoms with Gasteiger partial charge in [0.2, 0.25) is 0 Å². The summed E-state index contributed by atoms with van der Waals surface area (Å²) in [7, 11) is 0. The lowest BCUT2D eigenvalue weighted by atomic mass is 9.55. The normalized spacial score (nSPS) is 38.1. The number of hydroxylamine groups is 2. The predicted molar refractivity (Wildman–Crippen MR) is 70.6 cm³/mol. The van der Waals surface area contributed by atoms with E-state index in [1.54, 1.807) is 5.06 Å². The summed E-state index contributed by atoms with van der Waals surface area (Å²) in [5.74, 6) is 0.594. The molecule has 0 radical (unpaired) electrons. The van der Waals surface area contributed by atoms with Gasteiger partial charge in [-0.3, -0.25) is 0 Å². The summed E-state index contributed by atoms with van der Waals surface area (Å²) >= 11 is 0. The van der Waals surface area contributed by atoms with Gasteiger partial charge >= 0.3 is 0 Å². The van der Waals surface area contributed by atoms with Gasteiger partial charge < -0.3 is 5.21 Å². The number of hydrogen-bond donors (Lipinski definition) is 1. The zero-order chi connectivity index (χ0) is 12.2. The highest BCUT2D eigenvalue weighted by Crippen LogP contribution is 2.52. The van der Waals surface area contributed by atoms with Crippen molar-refractivity contribution in [2.45, 2.75) is 37.1 Å². The van der Waals surface area contributed by atoms with Crippen molar-refractivity contribution in [2.24, 2.45) is 5.92 Å². The van der Waals surface area contributed by atoms with Crippen LogP contribution in [0.5, 0.6) is 0 Å². The van der Waals surface area contributed by atoms with Gasteiger partial charge in [0.1, 0.15) is 0 Å². The first-order chi connectivity index (χ1) is 8.81. The molecule has 1 aliphatic heterocycles. The number of allylic oxidation sites excluding steroid dienone is 2. The van der Waals surface area contributed by atoms with E-state index in [0.29, 0.717) is 12.0 Å². The minimum atomic E-state index is 0.205. The van der Waals surface area contributed by atoms with E-state index < -0.39 is 0 Å². The van der Waals surface area contributed by atoms with Gasteiger partial charge in [0.05, 0.1) is 0 Å².